The number of nitro benzene ring substituents is 1. The number of nitrogens with zero attached hydrogens (tertiary/aromatic N) is 3. The maximum Gasteiger partial charge on any atom is 0.422 e. The Hall–Kier alpha value is -5.79. The van der Waals surface area contributed by atoms with E-state index in [0.717, 1.165) is 24.3 Å². The number of nitro groups is 1. The van der Waals surface area contributed by atoms with Gasteiger partial charge in [-0.05, 0) is 12.1 Å². The number of anilines is 2. The fraction of sp³-hybridized carbons (Fsp3) is 0.320. The molecule has 2 aromatic heterocycles. The van der Waals surface area contributed by atoms with Crippen LogP contribution in [0.25, 0.3) is 0 Å². The SMILES string of the molecule is Nc1nc(OCC(F)(F)F)cc(OCC(F)(F)F)c1F.O=C(Nc1nc(OCC(F)(F)F)cc(OCC(F)(F)F)c1F)Oc1ccc([N+](=O)[O-])cc1. The molecule has 0 aliphatic heterocycles. The third-order valence-electron chi connectivity index (χ3n) is 4.86. The maximum atomic E-state index is 14.4. The van der Waals surface area contributed by atoms with Gasteiger partial charge < -0.3 is 29.4 Å². The Kier molecular flexibility index (Phi) is 13.8. The minimum atomic E-state index is -4.91. The molecular weight excluding hydrogens is 764 g/mol. The van der Waals surface area contributed by atoms with Gasteiger partial charge in [-0.1, -0.05) is 0 Å². The molecule has 2 heterocycles. The van der Waals surface area contributed by atoms with Gasteiger partial charge in [-0.15, -0.1) is 0 Å². The van der Waals surface area contributed by atoms with Crippen LogP contribution in [0.1, 0.15) is 0 Å². The Morgan fingerprint density at radius 3 is 1.52 bits per heavy atom. The highest BCUT2D eigenvalue weighted by atomic mass is 19.4. The summed E-state index contributed by atoms with van der Waals surface area (Å²) in [6.07, 6.45) is -20.7. The number of hydrogen-bond donors (Lipinski definition) is 2. The fourth-order valence-corrected chi connectivity index (χ4v) is 2.92. The van der Waals surface area contributed by atoms with Crippen molar-refractivity contribution >= 4 is 23.4 Å². The van der Waals surface area contributed by atoms with E-state index in [9.17, 15) is 76.4 Å². The van der Waals surface area contributed by atoms with Gasteiger partial charge in [0.15, 0.2) is 49.6 Å². The third-order valence-corrected chi connectivity index (χ3v) is 4.86. The van der Waals surface area contributed by atoms with Crippen LogP contribution < -0.4 is 34.7 Å². The highest BCUT2D eigenvalue weighted by Crippen LogP contribution is 2.31. The second-order valence-corrected chi connectivity index (χ2v) is 9.16. The number of nitrogens with two attached hydrogens (primary N) is 1. The average Bonchev–Trinajstić information content (AvgIpc) is 2.99. The summed E-state index contributed by atoms with van der Waals surface area (Å²) in [4.78, 5) is 28.1. The van der Waals surface area contributed by atoms with Gasteiger partial charge in [0.2, 0.25) is 23.4 Å². The Labute approximate surface area is 278 Å². The Bertz CT molecular complexity index is 1680. The highest BCUT2D eigenvalue weighted by molar-refractivity contribution is 5.85. The number of aromatic nitrogens is 2. The lowest BCUT2D eigenvalue weighted by Crippen LogP contribution is -2.23. The molecule has 0 saturated heterocycles. The van der Waals surface area contributed by atoms with Crippen molar-refractivity contribution in [2.45, 2.75) is 24.7 Å². The molecule has 3 rings (SSSR count). The summed E-state index contributed by atoms with van der Waals surface area (Å²) in [7, 11) is 0. The van der Waals surface area contributed by atoms with E-state index in [1.807, 2.05) is 0 Å². The lowest BCUT2D eigenvalue weighted by molar-refractivity contribution is -0.384. The number of rotatable bonds is 11. The number of hydrogen-bond acceptors (Lipinski definition) is 11. The van der Waals surface area contributed by atoms with E-state index < -0.39 is 109 Å². The number of nitrogen functional groups attached to an aromatic ring is 1. The number of pyridine rings is 2. The van der Waals surface area contributed by atoms with Crippen LogP contribution >= 0.6 is 0 Å². The number of carbonyl (C=O) groups is 1. The van der Waals surface area contributed by atoms with Gasteiger partial charge in [0.1, 0.15) is 5.75 Å². The summed E-state index contributed by atoms with van der Waals surface area (Å²) in [5, 5.41) is 12.2. The number of carbonyl (C=O) groups excluding carboxylic acids is 1. The number of nitrogens with one attached hydrogen (secondary N) is 1. The standard InChI is InChI=1S/C16H10F7N3O6.C9H7F7N2O2/c17-12-10(30-6-15(18,19)20)5-11(31-7-16(21,22)23)24-13(12)25-14(27)32-9-3-1-8(2-4-9)26(28)29;10-6-4(19-2-8(11,12)13)1-5(18-7(6)17)20-3-9(14,15)16/h1-5H,6-7H2,(H,24,25,27);1H,2-3H2,(H2,17,18). The monoisotopic (exact) mass is 781 g/mol. The summed E-state index contributed by atoms with van der Waals surface area (Å²) in [6.45, 7) is -7.52. The number of amides is 1. The normalized spacial score (nSPS) is 11.9. The van der Waals surface area contributed by atoms with Crippen LogP contribution in [0.2, 0.25) is 0 Å². The van der Waals surface area contributed by atoms with Crippen molar-refractivity contribution in [1.82, 2.24) is 9.97 Å². The molecule has 0 radical (unpaired) electrons. The molecule has 0 spiro atoms. The first-order valence-electron chi connectivity index (χ1n) is 12.9. The Morgan fingerprint density at radius 2 is 1.10 bits per heavy atom. The smallest absolute Gasteiger partial charge is 0.422 e. The molecule has 0 aliphatic rings. The van der Waals surface area contributed by atoms with Gasteiger partial charge in [0.25, 0.3) is 5.69 Å². The van der Waals surface area contributed by atoms with Crippen molar-refractivity contribution in [3.63, 3.8) is 0 Å². The van der Waals surface area contributed by atoms with E-state index in [2.05, 4.69) is 28.9 Å². The van der Waals surface area contributed by atoms with Crippen molar-refractivity contribution in [1.29, 1.82) is 0 Å². The summed E-state index contributed by atoms with van der Waals surface area (Å²) < 4.78 is 194. The van der Waals surface area contributed by atoms with E-state index in [4.69, 9.17) is 10.5 Å². The topological polar surface area (TPSA) is 170 Å². The zero-order chi connectivity index (χ0) is 39.7. The minimum Gasteiger partial charge on any atom is -0.481 e. The Balaban J connectivity index is 0.000000402. The summed E-state index contributed by atoms with van der Waals surface area (Å²) in [6, 6.07) is 4.72. The second kappa shape index (κ2) is 16.9. The van der Waals surface area contributed by atoms with Gasteiger partial charge >= 0.3 is 30.8 Å². The quantitative estimate of drug-likeness (QED) is 0.114. The number of benzene rings is 1. The van der Waals surface area contributed by atoms with E-state index in [-0.39, 0.29) is 11.4 Å². The zero-order valence-corrected chi connectivity index (χ0v) is 24.8. The minimum absolute atomic E-state index is 0.258. The van der Waals surface area contributed by atoms with Crippen LogP contribution in [-0.2, 0) is 0 Å². The van der Waals surface area contributed by atoms with Gasteiger partial charge in [-0.2, -0.15) is 71.4 Å². The summed E-state index contributed by atoms with van der Waals surface area (Å²) in [5.41, 5.74) is 4.65. The van der Waals surface area contributed by atoms with Crippen LogP contribution in [0.3, 0.4) is 0 Å². The molecule has 3 N–H and O–H groups in total. The molecule has 0 aliphatic carbocycles. The molecule has 52 heavy (non-hydrogen) atoms. The van der Waals surface area contributed by atoms with Crippen molar-refractivity contribution in [3.05, 3.63) is 58.1 Å². The fourth-order valence-electron chi connectivity index (χ4n) is 2.92. The predicted octanol–water partition coefficient (Wildman–Crippen LogP) is 7.31. The molecule has 3 aromatic rings. The first kappa shape index (κ1) is 42.4. The maximum absolute atomic E-state index is 14.4. The molecule has 1 amide bonds. The van der Waals surface area contributed by atoms with Crippen molar-refractivity contribution < 1.29 is 94.9 Å². The molecular formula is C25H17F14N5O8. The molecule has 0 saturated carbocycles. The van der Waals surface area contributed by atoms with E-state index in [1.165, 1.54) is 0 Å². The van der Waals surface area contributed by atoms with Crippen LogP contribution in [0.15, 0.2) is 36.4 Å². The molecule has 13 nitrogen and oxygen atoms in total. The molecule has 0 bridgehead atoms. The number of non-ortho nitro benzene ring substituents is 1. The highest BCUT2D eigenvalue weighted by Gasteiger charge is 2.33. The van der Waals surface area contributed by atoms with Crippen molar-refractivity contribution in [2.75, 3.05) is 37.5 Å². The number of alkyl halides is 12. The molecule has 288 valence electrons. The molecule has 0 atom stereocenters. The van der Waals surface area contributed by atoms with E-state index >= 15 is 0 Å². The largest absolute Gasteiger partial charge is 0.481 e. The first-order chi connectivity index (χ1) is 23.7. The molecule has 27 heteroatoms. The van der Waals surface area contributed by atoms with Crippen molar-refractivity contribution in [2.24, 2.45) is 0 Å². The molecule has 1 aromatic carbocycles. The van der Waals surface area contributed by atoms with Crippen LogP contribution in [0.4, 0.5) is 83.6 Å². The second-order valence-electron chi connectivity index (χ2n) is 9.16. The van der Waals surface area contributed by atoms with Gasteiger partial charge in [0.05, 0.1) is 4.92 Å². The van der Waals surface area contributed by atoms with Crippen LogP contribution in [-0.4, -0.2) is 72.1 Å². The third kappa shape index (κ3) is 15.8. The summed E-state index contributed by atoms with van der Waals surface area (Å²) in [5.74, 6) is -9.47. The lowest BCUT2D eigenvalue weighted by Gasteiger charge is -2.15. The molecule has 0 fully saturated rings. The average molecular weight is 781 g/mol. The van der Waals surface area contributed by atoms with Crippen molar-refractivity contribution in [3.8, 4) is 29.0 Å². The van der Waals surface area contributed by atoms with Crippen LogP contribution in [0.5, 0.6) is 29.0 Å². The number of halogens is 14. The predicted molar refractivity (Wildman–Crippen MR) is 142 cm³/mol. The lowest BCUT2D eigenvalue weighted by atomic mass is 10.3. The van der Waals surface area contributed by atoms with Crippen LogP contribution in [0, 0.1) is 21.7 Å². The van der Waals surface area contributed by atoms with E-state index in [1.54, 1.807) is 5.32 Å². The first-order valence-corrected chi connectivity index (χ1v) is 12.9. The molecule has 0 unspecified atom stereocenters. The van der Waals surface area contributed by atoms with Gasteiger partial charge in [-0.25, -0.2) is 4.79 Å². The summed E-state index contributed by atoms with van der Waals surface area (Å²) >= 11 is 0. The zero-order valence-electron chi connectivity index (χ0n) is 24.8. The Morgan fingerprint density at radius 1 is 0.692 bits per heavy atom. The van der Waals surface area contributed by atoms with Gasteiger partial charge in [-0.3, -0.25) is 15.4 Å². The number of ether oxygens (including phenoxy) is 5. The van der Waals surface area contributed by atoms with Gasteiger partial charge in [0, 0.05) is 24.3 Å². The van der Waals surface area contributed by atoms with E-state index in [0.29, 0.717) is 12.1 Å².